The van der Waals surface area contributed by atoms with Gasteiger partial charge in [0.25, 0.3) is 11.8 Å². The van der Waals surface area contributed by atoms with E-state index in [1.165, 1.54) is 24.3 Å². The summed E-state index contributed by atoms with van der Waals surface area (Å²) < 4.78 is 88.2. The highest BCUT2D eigenvalue weighted by atomic mass is 35.5. The van der Waals surface area contributed by atoms with E-state index in [-0.39, 0.29) is 10.6 Å². The van der Waals surface area contributed by atoms with E-state index in [2.05, 4.69) is 0 Å². The lowest BCUT2D eigenvalue weighted by Gasteiger charge is -2.24. The first-order valence-corrected chi connectivity index (χ1v) is 12.2. The number of carbonyl (C=O) groups is 5. The van der Waals surface area contributed by atoms with Crippen molar-refractivity contribution in [1.82, 2.24) is 10.9 Å². The molecular formula is C27H17ClF6N2O8. The zero-order chi connectivity index (χ0) is 32.8. The predicted octanol–water partition coefficient (Wildman–Crippen LogP) is 4.67. The van der Waals surface area contributed by atoms with Crippen LogP contribution in [-0.4, -0.2) is 47.0 Å². The summed E-state index contributed by atoms with van der Waals surface area (Å²) in [5, 5.41) is 9.96. The van der Waals surface area contributed by atoms with Crippen LogP contribution in [0.3, 0.4) is 0 Å². The molecule has 0 unspecified atom stereocenters. The fourth-order valence-corrected chi connectivity index (χ4v) is 3.50. The monoisotopic (exact) mass is 646 g/mol. The minimum absolute atomic E-state index is 0.0713. The summed E-state index contributed by atoms with van der Waals surface area (Å²) in [6.45, 7) is 0. The molecule has 0 radical (unpaired) electrons. The summed E-state index contributed by atoms with van der Waals surface area (Å²) in [5.74, 6) is -8.21. The Labute approximate surface area is 247 Å². The lowest BCUT2D eigenvalue weighted by Crippen LogP contribution is -2.54. The second kappa shape index (κ2) is 13.5. The van der Waals surface area contributed by atoms with E-state index in [0.29, 0.717) is 24.3 Å². The van der Waals surface area contributed by atoms with E-state index in [1.807, 2.05) is 5.43 Å². The highest BCUT2D eigenvalue weighted by molar-refractivity contribution is 6.30. The van der Waals surface area contributed by atoms with Crippen LogP contribution in [0.4, 0.5) is 26.3 Å². The van der Waals surface area contributed by atoms with Gasteiger partial charge in [-0.25, -0.2) is 14.4 Å². The average Bonchev–Trinajstić information content (AvgIpc) is 2.96. The summed E-state index contributed by atoms with van der Waals surface area (Å²) in [5.41, 5.74) is -0.720. The Balaban J connectivity index is 1.92. The molecule has 0 aliphatic rings. The third kappa shape index (κ3) is 8.70. The van der Waals surface area contributed by atoms with E-state index in [0.717, 1.165) is 24.3 Å². The van der Waals surface area contributed by atoms with Crippen LogP contribution in [-0.2, 0) is 31.4 Å². The topological polar surface area (TPSA) is 148 Å². The molecule has 232 valence electrons. The van der Waals surface area contributed by atoms with Crippen LogP contribution in [0.15, 0.2) is 72.8 Å². The molecule has 10 nitrogen and oxygen atoms in total. The van der Waals surface area contributed by atoms with Crippen LogP contribution in [0.1, 0.15) is 42.2 Å². The molecular weight excluding hydrogens is 630 g/mol. The molecule has 0 aliphatic carbocycles. The van der Waals surface area contributed by atoms with Gasteiger partial charge in [-0.15, -0.1) is 0 Å². The van der Waals surface area contributed by atoms with E-state index in [4.69, 9.17) is 21.1 Å². The fraction of sp³-hybridized carbons (Fsp3) is 0.148. The first-order chi connectivity index (χ1) is 20.5. The van der Waals surface area contributed by atoms with Gasteiger partial charge in [0.1, 0.15) is 0 Å². The maximum absolute atomic E-state index is 13.1. The van der Waals surface area contributed by atoms with E-state index < -0.39 is 76.5 Å². The second-order valence-electron chi connectivity index (χ2n) is 8.60. The van der Waals surface area contributed by atoms with Crippen molar-refractivity contribution in [2.24, 2.45) is 0 Å². The summed E-state index contributed by atoms with van der Waals surface area (Å²) >= 11 is 5.74. The Kier molecular flexibility index (Phi) is 10.2. The van der Waals surface area contributed by atoms with Crippen LogP contribution >= 0.6 is 11.6 Å². The number of hydrogen-bond donors (Lipinski definition) is 3. The van der Waals surface area contributed by atoms with E-state index in [1.54, 1.807) is 5.43 Å². The zero-order valence-electron chi connectivity index (χ0n) is 21.5. The van der Waals surface area contributed by atoms with Gasteiger partial charge in [-0.1, -0.05) is 23.7 Å². The number of amides is 2. The van der Waals surface area contributed by atoms with Crippen LogP contribution in [0.2, 0.25) is 5.02 Å². The van der Waals surface area contributed by atoms with Crippen molar-refractivity contribution >= 4 is 41.3 Å². The highest BCUT2D eigenvalue weighted by Gasteiger charge is 2.42. The van der Waals surface area contributed by atoms with Gasteiger partial charge in [-0.05, 0) is 60.7 Å². The molecule has 0 aromatic heterocycles. The molecule has 44 heavy (non-hydrogen) atoms. The summed E-state index contributed by atoms with van der Waals surface area (Å²) in [6, 6.07) is 10.2. The van der Waals surface area contributed by atoms with Gasteiger partial charge in [0.05, 0.1) is 22.3 Å². The molecule has 0 fully saturated rings. The molecule has 3 aromatic rings. The number of hydrogen-bond acceptors (Lipinski definition) is 7. The average molecular weight is 647 g/mol. The zero-order valence-corrected chi connectivity index (χ0v) is 22.3. The number of carboxylic acid groups (broad SMARTS) is 1. The van der Waals surface area contributed by atoms with Crippen molar-refractivity contribution in [3.63, 3.8) is 0 Å². The maximum atomic E-state index is 13.1. The lowest BCUT2D eigenvalue weighted by atomic mass is 10.1. The molecule has 2 amide bonds. The molecule has 0 aliphatic heterocycles. The molecule has 0 bridgehead atoms. The summed E-state index contributed by atoms with van der Waals surface area (Å²) in [7, 11) is 0. The molecule has 0 saturated carbocycles. The number of halogens is 7. The number of esters is 2. The van der Waals surface area contributed by atoms with Crippen molar-refractivity contribution in [3.8, 4) is 0 Å². The predicted molar refractivity (Wildman–Crippen MR) is 136 cm³/mol. The molecule has 2 atom stereocenters. The number of carboxylic acids is 1. The fourth-order valence-electron chi connectivity index (χ4n) is 3.37. The van der Waals surface area contributed by atoms with Gasteiger partial charge >= 0.3 is 30.3 Å². The number of aliphatic carboxylic acids is 1. The number of ether oxygens (including phenoxy) is 2. The Bertz CT molecular complexity index is 1580. The molecule has 3 rings (SSSR count). The molecule has 3 aromatic carbocycles. The Morgan fingerprint density at radius 1 is 0.659 bits per heavy atom. The second-order valence-corrected chi connectivity index (χ2v) is 9.03. The number of rotatable bonds is 8. The molecule has 17 heteroatoms. The van der Waals surface area contributed by atoms with Crippen LogP contribution in [0.5, 0.6) is 0 Å². The van der Waals surface area contributed by atoms with E-state index in [9.17, 15) is 55.4 Å². The maximum Gasteiger partial charge on any atom is 0.416 e. The van der Waals surface area contributed by atoms with Gasteiger partial charge < -0.3 is 14.6 Å². The lowest BCUT2D eigenvalue weighted by molar-refractivity contribution is -0.159. The number of carbonyl (C=O) groups excluding carboxylic acids is 4. The van der Waals surface area contributed by atoms with Crippen molar-refractivity contribution in [2.45, 2.75) is 24.6 Å². The molecule has 0 saturated heterocycles. The standard InChI is InChI=1S/C27H17ClF6N2O8/c28-18-9-7-13(8-10-18)21(37)35-36-22(38)19(43-24(41)14-3-1-5-16(11-14)26(29,30)31)20(23(39)40)44-25(42)15-4-2-6-17(12-15)27(32,33)34/h1-12,19-20H,(H,35,37)(H,36,38)(H,39,40)/t19-,20+/m0/s1. The Morgan fingerprint density at radius 2 is 1.11 bits per heavy atom. The van der Waals surface area contributed by atoms with Crippen molar-refractivity contribution < 1.29 is 64.9 Å². The Morgan fingerprint density at radius 3 is 1.55 bits per heavy atom. The summed E-state index contributed by atoms with van der Waals surface area (Å²) in [6.07, 6.45) is -15.3. The van der Waals surface area contributed by atoms with Crippen LogP contribution in [0.25, 0.3) is 0 Å². The molecule has 3 N–H and O–H groups in total. The highest BCUT2D eigenvalue weighted by Crippen LogP contribution is 2.31. The van der Waals surface area contributed by atoms with Crippen molar-refractivity contribution in [2.75, 3.05) is 0 Å². The largest absolute Gasteiger partial charge is 0.478 e. The Hall–Kier alpha value is -5.12. The quantitative estimate of drug-likeness (QED) is 0.182. The van der Waals surface area contributed by atoms with Gasteiger partial charge in [-0.3, -0.25) is 20.4 Å². The third-order valence-corrected chi connectivity index (χ3v) is 5.75. The number of nitrogens with one attached hydrogen (secondary N) is 2. The number of alkyl halides is 6. The first kappa shape index (κ1) is 33.4. The van der Waals surface area contributed by atoms with Crippen molar-refractivity contribution in [3.05, 3.63) is 106 Å². The SMILES string of the molecule is O=C(NNC(=O)[C@@H](OC(=O)c1cccc(C(F)(F)F)c1)[C@@H](OC(=O)c1cccc(C(F)(F)F)c1)C(=O)O)c1ccc(Cl)cc1. The number of benzene rings is 3. The normalized spacial score (nSPS) is 12.8. The van der Waals surface area contributed by atoms with Crippen LogP contribution in [0, 0.1) is 0 Å². The smallest absolute Gasteiger partial charge is 0.416 e. The van der Waals surface area contributed by atoms with Gasteiger partial charge in [0.2, 0.25) is 12.2 Å². The van der Waals surface area contributed by atoms with Gasteiger partial charge in [-0.2, -0.15) is 26.3 Å². The van der Waals surface area contributed by atoms with Gasteiger partial charge in [0, 0.05) is 10.6 Å². The minimum Gasteiger partial charge on any atom is -0.478 e. The van der Waals surface area contributed by atoms with Gasteiger partial charge in [0.15, 0.2) is 0 Å². The van der Waals surface area contributed by atoms with Crippen LogP contribution < -0.4 is 10.9 Å². The minimum atomic E-state index is -4.91. The number of hydrazine groups is 1. The first-order valence-electron chi connectivity index (χ1n) is 11.8. The summed E-state index contributed by atoms with van der Waals surface area (Å²) in [4.78, 5) is 62.8. The molecule has 0 spiro atoms. The molecule has 0 heterocycles. The third-order valence-electron chi connectivity index (χ3n) is 5.50. The van der Waals surface area contributed by atoms with E-state index >= 15 is 0 Å². The van der Waals surface area contributed by atoms with Crippen molar-refractivity contribution in [1.29, 1.82) is 0 Å².